The number of benzene rings is 1. The van der Waals surface area contributed by atoms with Gasteiger partial charge in [-0.2, -0.15) is 0 Å². The molecule has 2 rings (SSSR count). The second-order valence-electron chi connectivity index (χ2n) is 5.75. The van der Waals surface area contributed by atoms with Gasteiger partial charge in [0.15, 0.2) is 0 Å². The van der Waals surface area contributed by atoms with Gasteiger partial charge in [-0.15, -0.1) is 0 Å². The zero-order chi connectivity index (χ0) is 15.4. The number of hydrogen-bond donors (Lipinski definition) is 2. The lowest BCUT2D eigenvalue weighted by atomic mass is 10.0. The molecule has 1 aliphatic rings. The number of nitrogens with two attached hydrogens (primary N) is 1. The van der Waals surface area contributed by atoms with Crippen LogP contribution < -0.4 is 11.3 Å². The first-order valence-corrected chi connectivity index (χ1v) is 7.98. The molecule has 21 heavy (non-hydrogen) atoms. The van der Waals surface area contributed by atoms with Crippen molar-refractivity contribution < 1.29 is 4.79 Å². The van der Waals surface area contributed by atoms with Crippen molar-refractivity contribution in [1.82, 2.24) is 15.2 Å². The van der Waals surface area contributed by atoms with E-state index in [-0.39, 0.29) is 5.91 Å². The third-order valence-electron chi connectivity index (χ3n) is 4.09. The van der Waals surface area contributed by atoms with E-state index in [4.69, 9.17) is 5.84 Å². The maximum atomic E-state index is 11.5. The lowest BCUT2D eigenvalue weighted by Crippen LogP contribution is -2.44. The minimum atomic E-state index is -0.274. The number of rotatable bonds is 4. The van der Waals surface area contributed by atoms with E-state index in [1.807, 2.05) is 18.2 Å². The smallest absolute Gasteiger partial charge is 0.265 e. The fraction of sp³-hybridized carbons (Fsp3) is 0.533. The van der Waals surface area contributed by atoms with Crippen molar-refractivity contribution >= 4 is 21.8 Å². The molecule has 1 saturated heterocycles. The van der Waals surface area contributed by atoms with Crippen LogP contribution in [0.3, 0.4) is 0 Å². The van der Waals surface area contributed by atoms with Crippen molar-refractivity contribution in [1.29, 1.82) is 0 Å². The van der Waals surface area contributed by atoms with Gasteiger partial charge in [0.25, 0.3) is 5.91 Å². The summed E-state index contributed by atoms with van der Waals surface area (Å²) in [5.41, 5.74) is 3.89. The van der Waals surface area contributed by atoms with Crippen molar-refractivity contribution in [2.45, 2.75) is 25.4 Å². The topological polar surface area (TPSA) is 61.6 Å². The van der Waals surface area contributed by atoms with Crippen LogP contribution in [-0.2, 0) is 6.54 Å². The summed E-state index contributed by atoms with van der Waals surface area (Å²) in [7, 11) is 4.34. The second-order valence-corrected chi connectivity index (χ2v) is 6.61. The molecule has 1 amide bonds. The predicted octanol–water partition coefficient (Wildman–Crippen LogP) is 1.58. The average molecular weight is 355 g/mol. The molecule has 1 aromatic rings. The molecule has 1 aromatic carbocycles. The number of hydrazine groups is 1. The Morgan fingerprint density at radius 3 is 2.95 bits per heavy atom. The predicted molar refractivity (Wildman–Crippen MR) is 87.8 cm³/mol. The fourth-order valence-electron chi connectivity index (χ4n) is 2.80. The second kappa shape index (κ2) is 7.35. The lowest BCUT2D eigenvalue weighted by molar-refractivity contribution is 0.0953. The first-order valence-electron chi connectivity index (χ1n) is 7.19. The van der Waals surface area contributed by atoms with Gasteiger partial charge in [0.2, 0.25) is 0 Å². The van der Waals surface area contributed by atoms with Gasteiger partial charge in [-0.25, -0.2) is 5.84 Å². The SMILES string of the molecule is CN1CCCC(N(C)Cc2ccc(C(=O)NN)cc2Br)C1. The molecule has 1 unspecified atom stereocenters. The van der Waals surface area contributed by atoms with Gasteiger partial charge < -0.3 is 4.90 Å². The van der Waals surface area contributed by atoms with E-state index in [1.54, 1.807) is 0 Å². The standard InChI is InChI=1S/C15H23BrN4O/c1-19-7-3-4-13(10-19)20(2)9-12-6-5-11(8-14(12)16)15(21)18-17/h5-6,8,13H,3-4,7,9-10,17H2,1-2H3,(H,18,21). The van der Waals surface area contributed by atoms with E-state index < -0.39 is 0 Å². The zero-order valence-corrected chi connectivity index (χ0v) is 14.2. The number of amides is 1. The molecule has 1 atom stereocenters. The molecular formula is C15H23BrN4O. The van der Waals surface area contributed by atoms with E-state index in [1.165, 1.54) is 24.9 Å². The Labute approximate surface area is 134 Å². The highest BCUT2D eigenvalue weighted by Gasteiger charge is 2.21. The Hall–Kier alpha value is -0.950. The number of halogens is 1. The zero-order valence-electron chi connectivity index (χ0n) is 12.6. The van der Waals surface area contributed by atoms with Crippen LogP contribution in [-0.4, -0.2) is 48.9 Å². The molecule has 116 valence electrons. The monoisotopic (exact) mass is 354 g/mol. The van der Waals surface area contributed by atoms with Crippen molar-refractivity contribution in [2.75, 3.05) is 27.2 Å². The average Bonchev–Trinajstić information content (AvgIpc) is 2.48. The molecule has 0 saturated carbocycles. The van der Waals surface area contributed by atoms with Crippen LogP contribution >= 0.6 is 15.9 Å². The van der Waals surface area contributed by atoms with Gasteiger partial charge in [0.05, 0.1) is 0 Å². The van der Waals surface area contributed by atoms with E-state index in [0.29, 0.717) is 11.6 Å². The quantitative estimate of drug-likeness (QED) is 0.489. The third kappa shape index (κ3) is 4.26. The fourth-order valence-corrected chi connectivity index (χ4v) is 3.30. The van der Waals surface area contributed by atoms with E-state index in [2.05, 4.69) is 45.3 Å². The van der Waals surface area contributed by atoms with Crippen LogP contribution in [0.2, 0.25) is 0 Å². The number of carbonyl (C=O) groups excluding carboxylic acids is 1. The molecule has 0 radical (unpaired) electrons. The Kier molecular flexibility index (Phi) is 5.75. The normalized spacial score (nSPS) is 19.8. The van der Waals surface area contributed by atoms with Crippen molar-refractivity contribution in [2.24, 2.45) is 5.84 Å². The number of nitrogens with one attached hydrogen (secondary N) is 1. The Balaban J connectivity index is 2.03. The lowest BCUT2D eigenvalue weighted by Gasteiger charge is -2.36. The van der Waals surface area contributed by atoms with Crippen molar-refractivity contribution in [3.63, 3.8) is 0 Å². The summed E-state index contributed by atoms with van der Waals surface area (Å²) < 4.78 is 0.944. The van der Waals surface area contributed by atoms with Crippen LogP contribution in [0.5, 0.6) is 0 Å². The van der Waals surface area contributed by atoms with E-state index in [9.17, 15) is 4.79 Å². The summed E-state index contributed by atoms with van der Waals surface area (Å²) in [6.45, 7) is 3.17. The molecule has 1 fully saturated rings. The van der Waals surface area contributed by atoms with Crippen LogP contribution in [0.15, 0.2) is 22.7 Å². The van der Waals surface area contributed by atoms with Crippen LogP contribution in [0.4, 0.5) is 0 Å². The number of nitrogens with zero attached hydrogens (tertiary/aromatic N) is 2. The maximum Gasteiger partial charge on any atom is 0.265 e. The van der Waals surface area contributed by atoms with Crippen molar-refractivity contribution in [3.05, 3.63) is 33.8 Å². The molecule has 0 aromatic heterocycles. The number of likely N-dealkylation sites (N-methyl/N-ethyl adjacent to an activating group) is 2. The molecule has 6 heteroatoms. The molecule has 3 N–H and O–H groups in total. The van der Waals surface area contributed by atoms with Gasteiger partial charge in [-0.1, -0.05) is 22.0 Å². The molecule has 1 aliphatic heterocycles. The highest BCUT2D eigenvalue weighted by molar-refractivity contribution is 9.10. The molecule has 0 bridgehead atoms. The minimum absolute atomic E-state index is 0.274. The van der Waals surface area contributed by atoms with Gasteiger partial charge in [0, 0.05) is 29.2 Å². The number of likely N-dealkylation sites (tertiary alicyclic amines) is 1. The summed E-state index contributed by atoms with van der Waals surface area (Å²) in [5, 5.41) is 0. The molecule has 1 heterocycles. The highest BCUT2D eigenvalue weighted by Crippen LogP contribution is 2.22. The van der Waals surface area contributed by atoms with Crippen LogP contribution in [0, 0.1) is 0 Å². The molecule has 0 spiro atoms. The Morgan fingerprint density at radius 2 is 2.33 bits per heavy atom. The first kappa shape index (κ1) is 16.4. The summed E-state index contributed by atoms with van der Waals surface area (Å²) >= 11 is 3.55. The largest absolute Gasteiger partial charge is 0.305 e. The van der Waals surface area contributed by atoms with Gasteiger partial charge in [0.1, 0.15) is 0 Å². The number of nitrogen functional groups attached to an aromatic ring is 1. The number of piperidine rings is 1. The van der Waals surface area contributed by atoms with Gasteiger partial charge in [-0.05, 0) is 51.2 Å². The summed E-state index contributed by atoms with van der Waals surface area (Å²) in [6.07, 6.45) is 2.49. The first-order chi connectivity index (χ1) is 10.0. The Morgan fingerprint density at radius 1 is 1.57 bits per heavy atom. The van der Waals surface area contributed by atoms with E-state index >= 15 is 0 Å². The number of carbonyl (C=O) groups is 1. The third-order valence-corrected chi connectivity index (χ3v) is 4.83. The number of hydrogen-bond acceptors (Lipinski definition) is 4. The van der Waals surface area contributed by atoms with Crippen molar-refractivity contribution in [3.8, 4) is 0 Å². The molecular weight excluding hydrogens is 332 g/mol. The molecule has 5 nitrogen and oxygen atoms in total. The highest BCUT2D eigenvalue weighted by atomic mass is 79.9. The van der Waals surface area contributed by atoms with E-state index in [0.717, 1.165) is 17.6 Å². The van der Waals surface area contributed by atoms with Gasteiger partial charge in [-0.3, -0.25) is 15.1 Å². The summed E-state index contributed by atoms with van der Waals surface area (Å²) in [6, 6.07) is 6.20. The Bertz CT molecular complexity index is 508. The van der Waals surface area contributed by atoms with Crippen LogP contribution in [0.25, 0.3) is 0 Å². The van der Waals surface area contributed by atoms with Gasteiger partial charge >= 0.3 is 0 Å². The minimum Gasteiger partial charge on any atom is -0.305 e. The summed E-state index contributed by atoms with van der Waals surface area (Å²) in [5.74, 6) is 4.88. The summed E-state index contributed by atoms with van der Waals surface area (Å²) in [4.78, 5) is 16.3. The maximum absolute atomic E-state index is 11.5. The van der Waals surface area contributed by atoms with Crippen LogP contribution in [0.1, 0.15) is 28.8 Å². The molecule has 0 aliphatic carbocycles.